The zero-order valence-electron chi connectivity index (χ0n) is 11.6. The van der Waals surface area contributed by atoms with E-state index in [1.165, 1.54) is 12.1 Å². The molecule has 1 amide bonds. The van der Waals surface area contributed by atoms with Crippen LogP contribution in [0.4, 0.5) is 5.69 Å². The molecule has 2 rings (SSSR count). The molecule has 2 N–H and O–H groups in total. The maximum absolute atomic E-state index is 12.2. The molecule has 21 heavy (non-hydrogen) atoms. The topological polar surface area (TPSA) is 80.6 Å². The quantitative estimate of drug-likeness (QED) is 0.853. The van der Waals surface area contributed by atoms with Gasteiger partial charge in [-0.3, -0.25) is 4.79 Å². The lowest BCUT2D eigenvalue weighted by Crippen LogP contribution is -2.18. The number of hydrogen-bond acceptors (Lipinski definition) is 3. The number of carbonyl (C=O) groups excluding carboxylic acids is 1. The standard InChI is InChI=1S/C15H16N2O4/c1-21-10-9-17-8-2-3-13(17)14(18)16-12-6-4-11(5-7-12)15(19)20/h2-8H,9-10H2,1H3,(H,16,18)(H,19,20). The van der Waals surface area contributed by atoms with Gasteiger partial charge in [-0.1, -0.05) is 0 Å². The number of rotatable bonds is 6. The molecule has 0 radical (unpaired) electrons. The van der Waals surface area contributed by atoms with Crippen LogP contribution >= 0.6 is 0 Å². The number of anilines is 1. The number of hydrogen-bond donors (Lipinski definition) is 2. The van der Waals surface area contributed by atoms with Crippen molar-refractivity contribution in [2.45, 2.75) is 6.54 Å². The lowest BCUT2D eigenvalue weighted by molar-refractivity contribution is 0.0696. The minimum Gasteiger partial charge on any atom is -0.478 e. The number of aromatic nitrogens is 1. The molecule has 0 aliphatic carbocycles. The third-order valence-corrected chi connectivity index (χ3v) is 2.99. The smallest absolute Gasteiger partial charge is 0.335 e. The van der Waals surface area contributed by atoms with Crippen molar-refractivity contribution in [3.8, 4) is 0 Å². The van der Waals surface area contributed by atoms with Crippen LogP contribution in [0.3, 0.4) is 0 Å². The van der Waals surface area contributed by atoms with Crippen LogP contribution in [0.1, 0.15) is 20.8 Å². The van der Waals surface area contributed by atoms with Gasteiger partial charge in [-0.2, -0.15) is 0 Å². The van der Waals surface area contributed by atoms with E-state index in [4.69, 9.17) is 9.84 Å². The van der Waals surface area contributed by atoms with Crippen LogP contribution in [0.5, 0.6) is 0 Å². The third-order valence-electron chi connectivity index (χ3n) is 2.99. The van der Waals surface area contributed by atoms with E-state index in [9.17, 15) is 9.59 Å². The molecule has 1 aromatic carbocycles. The van der Waals surface area contributed by atoms with Crippen LogP contribution in [0.15, 0.2) is 42.6 Å². The van der Waals surface area contributed by atoms with Gasteiger partial charge in [-0.25, -0.2) is 4.79 Å². The minimum absolute atomic E-state index is 0.177. The van der Waals surface area contributed by atoms with Crippen LogP contribution in [-0.4, -0.2) is 35.3 Å². The summed E-state index contributed by atoms with van der Waals surface area (Å²) >= 11 is 0. The molecule has 0 saturated heterocycles. The number of benzene rings is 1. The first-order chi connectivity index (χ1) is 10.1. The Morgan fingerprint density at radius 3 is 2.57 bits per heavy atom. The molecular formula is C15H16N2O4. The minimum atomic E-state index is -0.999. The average Bonchev–Trinajstić information content (AvgIpc) is 2.94. The Hall–Kier alpha value is -2.60. The van der Waals surface area contributed by atoms with Crippen molar-refractivity contribution >= 4 is 17.6 Å². The second-order valence-electron chi connectivity index (χ2n) is 4.42. The Morgan fingerprint density at radius 1 is 1.24 bits per heavy atom. The number of nitrogens with one attached hydrogen (secondary N) is 1. The van der Waals surface area contributed by atoms with Gasteiger partial charge in [0, 0.05) is 25.5 Å². The molecular weight excluding hydrogens is 272 g/mol. The molecule has 6 nitrogen and oxygen atoms in total. The van der Waals surface area contributed by atoms with E-state index in [0.717, 1.165) is 0 Å². The van der Waals surface area contributed by atoms with E-state index in [1.54, 1.807) is 35.9 Å². The summed E-state index contributed by atoms with van der Waals surface area (Å²) in [6.45, 7) is 1.10. The first-order valence-electron chi connectivity index (χ1n) is 6.40. The van der Waals surface area contributed by atoms with E-state index in [0.29, 0.717) is 24.5 Å². The normalized spacial score (nSPS) is 10.3. The van der Waals surface area contributed by atoms with Gasteiger partial charge in [-0.05, 0) is 36.4 Å². The fourth-order valence-electron chi connectivity index (χ4n) is 1.90. The molecule has 1 aromatic heterocycles. The van der Waals surface area contributed by atoms with Gasteiger partial charge >= 0.3 is 5.97 Å². The molecule has 6 heteroatoms. The van der Waals surface area contributed by atoms with Gasteiger partial charge in [0.2, 0.25) is 0 Å². The van der Waals surface area contributed by atoms with Crippen LogP contribution in [0.2, 0.25) is 0 Å². The monoisotopic (exact) mass is 288 g/mol. The van der Waals surface area contributed by atoms with Crippen molar-refractivity contribution in [3.63, 3.8) is 0 Å². The number of ether oxygens (including phenoxy) is 1. The van der Waals surface area contributed by atoms with Crippen molar-refractivity contribution in [1.82, 2.24) is 4.57 Å². The zero-order valence-corrected chi connectivity index (χ0v) is 11.6. The first-order valence-corrected chi connectivity index (χ1v) is 6.40. The van der Waals surface area contributed by atoms with Gasteiger partial charge in [-0.15, -0.1) is 0 Å². The second kappa shape index (κ2) is 6.71. The predicted octanol–water partition coefficient (Wildman–Crippen LogP) is 2.08. The molecule has 0 saturated carbocycles. The predicted molar refractivity (Wildman–Crippen MR) is 77.7 cm³/mol. The molecule has 2 aromatic rings. The highest BCUT2D eigenvalue weighted by Gasteiger charge is 2.11. The van der Waals surface area contributed by atoms with Crippen LogP contribution < -0.4 is 5.32 Å². The number of carboxylic acids is 1. The maximum atomic E-state index is 12.2. The van der Waals surface area contributed by atoms with Gasteiger partial charge in [0.25, 0.3) is 5.91 Å². The summed E-state index contributed by atoms with van der Waals surface area (Å²) in [6, 6.07) is 9.52. The summed E-state index contributed by atoms with van der Waals surface area (Å²) in [6.07, 6.45) is 1.81. The van der Waals surface area contributed by atoms with Crippen LogP contribution in [0, 0.1) is 0 Å². The summed E-state index contributed by atoms with van der Waals surface area (Å²) in [4.78, 5) is 23.0. The highest BCUT2D eigenvalue weighted by Crippen LogP contribution is 2.12. The van der Waals surface area contributed by atoms with E-state index < -0.39 is 5.97 Å². The summed E-state index contributed by atoms with van der Waals surface area (Å²) in [5.74, 6) is -1.25. The highest BCUT2D eigenvalue weighted by molar-refractivity contribution is 6.03. The first kappa shape index (κ1) is 14.8. The average molecular weight is 288 g/mol. The highest BCUT2D eigenvalue weighted by atomic mass is 16.5. The Labute approximate surface area is 122 Å². The second-order valence-corrected chi connectivity index (χ2v) is 4.42. The van der Waals surface area contributed by atoms with Crippen LogP contribution in [-0.2, 0) is 11.3 Å². The van der Waals surface area contributed by atoms with E-state index >= 15 is 0 Å². The lowest BCUT2D eigenvalue weighted by Gasteiger charge is -2.09. The molecule has 0 spiro atoms. The number of carboxylic acid groups (broad SMARTS) is 1. The third kappa shape index (κ3) is 3.70. The van der Waals surface area contributed by atoms with Gasteiger partial charge < -0.3 is 19.7 Å². The number of aromatic carboxylic acids is 1. The number of amides is 1. The van der Waals surface area contributed by atoms with Crippen molar-refractivity contribution in [3.05, 3.63) is 53.9 Å². The largest absolute Gasteiger partial charge is 0.478 e. The molecule has 110 valence electrons. The fourth-order valence-corrected chi connectivity index (χ4v) is 1.90. The number of methoxy groups -OCH3 is 1. The van der Waals surface area contributed by atoms with Gasteiger partial charge in [0.05, 0.1) is 12.2 Å². The van der Waals surface area contributed by atoms with Crippen molar-refractivity contribution in [2.75, 3.05) is 19.0 Å². The number of carbonyl (C=O) groups is 2. The fraction of sp³-hybridized carbons (Fsp3) is 0.200. The van der Waals surface area contributed by atoms with Gasteiger partial charge in [0.15, 0.2) is 0 Å². The van der Waals surface area contributed by atoms with Crippen LogP contribution in [0.25, 0.3) is 0 Å². The SMILES string of the molecule is COCCn1cccc1C(=O)Nc1ccc(C(=O)O)cc1. The van der Waals surface area contributed by atoms with Gasteiger partial charge in [0.1, 0.15) is 5.69 Å². The molecule has 0 bridgehead atoms. The summed E-state index contributed by atoms with van der Waals surface area (Å²) in [5.41, 5.74) is 1.25. The summed E-state index contributed by atoms with van der Waals surface area (Å²) in [5, 5.41) is 11.6. The van der Waals surface area contributed by atoms with E-state index in [1.807, 2.05) is 6.20 Å². The Balaban J connectivity index is 2.07. The molecule has 0 aliphatic rings. The summed E-state index contributed by atoms with van der Waals surface area (Å²) < 4.78 is 6.79. The maximum Gasteiger partial charge on any atom is 0.335 e. The van der Waals surface area contributed by atoms with E-state index in [-0.39, 0.29) is 11.5 Å². The number of nitrogens with zero attached hydrogens (tertiary/aromatic N) is 1. The molecule has 0 fully saturated rings. The molecule has 0 aliphatic heterocycles. The lowest BCUT2D eigenvalue weighted by atomic mass is 10.2. The van der Waals surface area contributed by atoms with E-state index in [2.05, 4.69) is 5.32 Å². The van der Waals surface area contributed by atoms with Crippen molar-refractivity contribution < 1.29 is 19.4 Å². The Bertz CT molecular complexity index is 631. The van der Waals surface area contributed by atoms with Crippen molar-refractivity contribution in [2.24, 2.45) is 0 Å². The summed E-state index contributed by atoms with van der Waals surface area (Å²) in [7, 11) is 1.60. The Kier molecular flexibility index (Phi) is 4.73. The zero-order chi connectivity index (χ0) is 15.2. The Morgan fingerprint density at radius 2 is 1.95 bits per heavy atom. The molecule has 1 heterocycles. The van der Waals surface area contributed by atoms with Crippen molar-refractivity contribution in [1.29, 1.82) is 0 Å². The molecule has 0 atom stereocenters. The molecule has 0 unspecified atom stereocenters.